The highest BCUT2D eigenvalue weighted by Gasteiger charge is 2.14. The van der Waals surface area contributed by atoms with Gasteiger partial charge in [-0.25, -0.2) is 5.48 Å². The molecule has 1 atom stereocenters. The van der Waals surface area contributed by atoms with Crippen LogP contribution in [-0.2, 0) is 0 Å². The van der Waals surface area contributed by atoms with E-state index in [0.29, 0.717) is 21.9 Å². The Bertz CT molecular complexity index is 968. The molecule has 2 aromatic carbocycles. The molecule has 1 heterocycles. The number of hydroxylamine groups is 1. The summed E-state index contributed by atoms with van der Waals surface area (Å²) in [7, 11) is 0. The highest BCUT2D eigenvalue weighted by Crippen LogP contribution is 2.23. The molecular formula is C19H17ClN2O5. The van der Waals surface area contributed by atoms with E-state index >= 15 is 0 Å². The predicted octanol–water partition coefficient (Wildman–Crippen LogP) is 3.40. The predicted molar refractivity (Wildman–Crippen MR) is 99.3 cm³/mol. The zero-order valence-electron chi connectivity index (χ0n) is 14.4. The molecule has 0 saturated carbocycles. The van der Waals surface area contributed by atoms with Crippen LogP contribution in [-0.4, -0.2) is 29.7 Å². The van der Waals surface area contributed by atoms with Gasteiger partial charge >= 0.3 is 0 Å². The Morgan fingerprint density at radius 2 is 1.89 bits per heavy atom. The van der Waals surface area contributed by atoms with Crippen molar-refractivity contribution in [3.05, 3.63) is 64.9 Å². The van der Waals surface area contributed by atoms with Crippen molar-refractivity contribution < 1.29 is 24.0 Å². The number of rotatable bonds is 6. The molecule has 8 heteroatoms. The second kappa shape index (κ2) is 8.11. The van der Waals surface area contributed by atoms with Crippen LogP contribution >= 0.6 is 11.6 Å². The molecule has 3 N–H and O–H groups in total. The number of carbonyl (C=O) groups is 2. The minimum Gasteiger partial charge on any atom is -0.489 e. The van der Waals surface area contributed by atoms with Crippen molar-refractivity contribution >= 4 is 34.4 Å². The molecule has 0 saturated heterocycles. The zero-order valence-corrected chi connectivity index (χ0v) is 15.1. The average Bonchev–Trinajstić information content (AvgIpc) is 3.09. The van der Waals surface area contributed by atoms with Crippen LogP contribution in [0.2, 0.25) is 5.02 Å². The third-order valence-electron chi connectivity index (χ3n) is 3.81. The number of carbonyl (C=O) groups excluding carboxylic acids is 2. The molecular weight excluding hydrogens is 372 g/mol. The first-order valence-electron chi connectivity index (χ1n) is 8.14. The number of benzene rings is 2. The number of ether oxygens (including phenoxy) is 1. The first kappa shape index (κ1) is 18.8. The molecule has 0 bridgehead atoms. The van der Waals surface area contributed by atoms with Gasteiger partial charge in [-0.2, -0.15) is 0 Å². The summed E-state index contributed by atoms with van der Waals surface area (Å²) in [5, 5.41) is 12.7. The number of amides is 2. The van der Waals surface area contributed by atoms with E-state index in [9.17, 15) is 9.59 Å². The molecule has 1 unspecified atom stereocenters. The molecule has 0 aliphatic carbocycles. The maximum Gasteiger partial charge on any atom is 0.287 e. The van der Waals surface area contributed by atoms with E-state index in [1.807, 2.05) is 0 Å². The molecule has 0 aliphatic rings. The third-order valence-corrected chi connectivity index (χ3v) is 4.04. The Hall–Kier alpha value is -3.03. The van der Waals surface area contributed by atoms with Gasteiger partial charge in [0.15, 0.2) is 5.76 Å². The van der Waals surface area contributed by atoms with E-state index in [-0.39, 0.29) is 24.3 Å². The lowest BCUT2D eigenvalue weighted by Crippen LogP contribution is -2.33. The minimum absolute atomic E-state index is 0.193. The molecule has 0 radical (unpaired) electrons. The average molecular weight is 389 g/mol. The Balaban J connectivity index is 1.55. The number of fused-ring (bicyclic) bond motifs is 1. The lowest BCUT2D eigenvalue weighted by atomic mass is 10.2. The second-order valence-corrected chi connectivity index (χ2v) is 6.33. The van der Waals surface area contributed by atoms with E-state index in [4.69, 9.17) is 26.0 Å². The fraction of sp³-hybridized carbons (Fsp3) is 0.158. The van der Waals surface area contributed by atoms with Crippen molar-refractivity contribution in [1.29, 1.82) is 0 Å². The monoisotopic (exact) mass is 388 g/mol. The fourth-order valence-electron chi connectivity index (χ4n) is 2.47. The van der Waals surface area contributed by atoms with Crippen molar-refractivity contribution in [3.8, 4) is 5.75 Å². The number of hydrogen-bond donors (Lipinski definition) is 3. The Morgan fingerprint density at radius 1 is 1.15 bits per heavy atom. The summed E-state index contributed by atoms with van der Waals surface area (Å²) in [6, 6.07) is 13.0. The van der Waals surface area contributed by atoms with Gasteiger partial charge in [-0.3, -0.25) is 14.8 Å². The highest BCUT2D eigenvalue weighted by atomic mass is 35.5. The van der Waals surface area contributed by atoms with Crippen molar-refractivity contribution in [2.45, 2.75) is 13.0 Å². The molecule has 7 nitrogen and oxygen atoms in total. The van der Waals surface area contributed by atoms with Crippen molar-refractivity contribution in [3.63, 3.8) is 0 Å². The largest absolute Gasteiger partial charge is 0.489 e. The summed E-state index contributed by atoms with van der Waals surface area (Å²) < 4.78 is 11.2. The van der Waals surface area contributed by atoms with Crippen LogP contribution < -0.4 is 15.5 Å². The van der Waals surface area contributed by atoms with Crippen molar-refractivity contribution in [1.82, 2.24) is 10.8 Å². The summed E-state index contributed by atoms with van der Waals surface area (Å²) in [5.74, 6) is -0.231. The van der Waals surface area contributed by atoms with Gasteiger partial charge in [-0.15, -0.1) is 0 Å². The van der Waals surface area contributed by atoms with Crippen molar-refractivity contribution in [2.24, 2.45) is 0 Å². The van der Waals surface area contributed by atoms with E-state index in [1.165, 1.54) is 12.1 Å². The summed E-state index contributed by atoms with van der Waals surface area (Å²) in [5.41, 5.74) is 2.44. The fourth-order valence-corrected chi connectivity index (χ4v) is 2.65. The van der Waals surface area contributed by atoms with Gasteiger partial charge in [0.25, 0.3) is 11.8 Å². The maximum atomic E-state index is 12.2. The zero-order chi connectivity index (χ0) is 19.4. The van der Waals surface area contributed by atoms with Gasteiger partial charge in [0.1, 0.15) is 17.4 Å². The standard InChI is InChI=1S/C19H17ClN2O5/c1-11(26-15-5-2-12(3-6-15)18(23)22-25)10-21-19(24)17-9-13-8-14(20)4-7-16(13)27-17/h2-9,11,25H,10H2,1H3,(H,21,24)(H,22,23). The lowest BCUT2D eigenvalue weighted by Gasteiger charge is -2.15. The third kappa shape index (κ3) is 4.58. The number of hydrogen-bond acceptors (Lipinski definition) is 5. The molecule has 140 valence electrons. The number of nitrogens with one attached hydrogen (secondary N) is 2. The van der Waals surface area contributed by atoms with Crippen molar-refractivity contribution in [2.75, 3.05) is 6.54 Å². The molecule has 3 aromatic rings. The van der Waals surface area contributed by atoms with Crippen LogP contribution in [0.25, 0.3) is 11.0 Å². The Labute approximate surface area is 159 Å². The number of halogens is 1. The summed E-state index contributed by atoms with van der Waals surface area (Å²) in [6.07, 6.45) is -0.315. The van der Waals surface area contributed by atoms with Gasteiger partial charge in [0.2, 0.25) is 0 Å². The Morgan fingerprint density at radius 3 is 2.59 bits per heavy atom. The summed E-state index contributed by atoms with van der Waals surface area (Å²) in [6.45, 7) is 2.06. The quantitative estimate of drug-likeness (QED) is 0.444. The first-order valence-corrected chi connectivity index (χ1v) is 8.52. The van der Waals surface area contributed by atoms with Crippen LogP contribution in [0.3, 0.4) is 0 Å². The van der Waals surface area contributed by atoms with Gasteiger partial charge in [-0.05, 0) is 55.5 Å². The SMILES string of the molecule is CC(CNC(=O)c1cc2cc(Cl)ccc2o1)Oc1ccc(C(=O)NO)cc1. The van der Waals surface area contributed by atoms with Gasteiger partial charge in [0, 0.05) is 16.0 Å². The Kier molecular flexibility index (Phi) is 5.63. The highest BCUT2D eigenvalue weighted by molar-refractivity contribution is 6.31. The number of furan rings is 1. The van der Waals surface area contributed by atoms with Gasteiger partial charge < -0.3 is 14.5 Å². The molecule has 2 amide bonds. The van der Waals surface area contributed by atoms with Gasteiger partial charge in [-0.1, -0.05) is 11.6 Å². The van der Waals surface area contributed by atoms with E-state index < -0.39 is 5.91 Å². The van der Waals surface area contributed by atoms with Crippen LogP contribution in [0, 0.1) is 0 Å². The lowest BCUT2D eigenvalue weighted by molar-refractivity contribution is 0.0706. The van der Waals surface area contributed by atoms with Crippen LogP contribution in [0.4, 0.5) is 0 Å². The van der Waals surface area contributed by atoms with E-state index in [2.05, 4.69) is 5.32 Å². The second-order valence-electron chi connectivity index (χ2n) is 5.90. The van der Waals surface area contributed by atoms with E-state index in [1.54, 1.807) is 48.8 Å². The smallest absolute Gasteiger partial charge is 0.287 e. The van der Waals surface area contributed by atoms with Gasteiger partial charge in [0.05, 0.1) is 6.54 Å². The van der Waals surface area contributed by atoms with E-state index in [0.717, 1.165) is 5.39 Å². The normalized spacial score (nSPS) is 11.8. The maximum absolute atomic E-state index is 12.2. The molecule has 27 heavy (non-hydrogen) atoms. The topological polar surface area (TPSA) is 101 Å². The summed E-state index contributed by atoms with van der Waals surface area (Å²) in [4.78, 5) is 23.5. The molecule has 0 fully saturated rings. The van der Waals surface area contributed by atoms with Crippen LogP contribution in [0.15, 0.2) is 52.9 Å². The summed E-state index contributed by atoms with van der Waals surface area (Å²) >= 11 is 5.93. The van der Waals surface area contributed by atoms with Crippen LogP contribution in [0.5, 0.6) is 5.75 Å². The van der Waals surface area contributed by atoms with Crippen LogP contribution in [0.1, 0.15) is 27.8 Å². The molecule has 0 spiro atoms. The molecule has 0 aliphatic heterocycles. The molecule has 1 aromatic heterocycles. The minimum atomic E-state index is -0.603. The first-order chi connectivity index (χ1) is 13.0. The molecule has 3 rings (SSSR count).